The van der Waals surface area contributed by atoms with Gasteiger partial charge in [0, 0.05) is 5.56 Å². The van der Waals surface area contributed by atoms with Crippen LogP contribution in [-0.4, -0.2) is 12.7 Å². The molecule has 1 amide bonds. The SMILES string of the molecule is CCOC(=O)Nc1ccc(C)cc1COc1ccc(CC)cc1C. The van der Waals surface area contributed by atoms with Crippen LogP contribution in [-0.2, 0) is 17.8 Å². The summed E-state index contributed by atoms with van der Waals surface area (Å²) in [4.78, 5) is 11.7. The maximum Gasteiger partial charge on any atom is 0.411 e. The zero-order chi connectivity index (χ0) is 17.5. The third kappa shape index (κ3) is 4.75. The summed E-state index contributed by atoms with van der Waals surface area (Å²) < 4.78 is 10.9. The molecule has 0 saturated heterocycles. The van der Waals surface area contributed by atoms with Crippen molar-refractivity contribution in [2.45, 2.75) is 40.7 Å². The number of aryl methyl sites for hydroxylation is 3. The van der Waals surface area contributed by atoms with Crippen molar-refractivity contribution in [3.05, 3.63) is 58.7 Å². The largest absolute Gasteiger partial charge is 0.489 e. The monoisotopic (exact) mass is 327 g/mol. The van der Waals surface area contributed by atoms with E-state index >= 15 is 0 Å². The van der Waals surface area contributed by atoms with E-state index in [0.717, 1.165) is 28.9 Å². The van der Waals surface area contributed by atoms with Crippen molar-refractivity contribution in [3.8, 4) is 5.75 Å². The van der Waals surface area contributed by atoms with E-state index in [9.17, 15) is 4.79 Å². The minimum Gasteiger partial charge on any atom is -0.489 e. The fourth-order valence-electron chi connectivity index (χ4n) is 2.49. The Balaban J connectivity index is 2.13. The minimum atomic E-state index is -0.453. The molecule has 2 aromatic rings. The molecular weight excluding hydrogens is 302 g/mol. The number of carbonyl (C=O) groups is 1. The van der Waals surface area contributed by atoms with Crippen LogP contribution in [0.4, 0.5) is 10.5 Å². The molecule has 0 aliphatic heterocycles. The lowest BCUT2D eigenvalue weighted by molar-refractivity contribution is 0.168. The van der Waals surface area contributed by atoms with Crippen molar-refractivity contribution in [3.63, 3.8) is 0 Å². The van der Waals surface area contributed by atoms with E-state index < -0.39 is 6.09 Å². The zero-order valence-corrected chi connectivity index (χ0v) is 14.8. The molecule has 0 aliphatic carbocycles. The molecule has 0 atom stereocenters. The van der Waals surface area contributed by atoms with Gasteiger partial charge in [0.25, 0.3) is 0 Å². The molecule has 0 fully saturated rings. The first-order chi connectivity index (χ1) is 11.5. The van der Waals surface area contributed by atoms with Crippen LogP contribution in [0.15, 0.2) is 36.4 Å². The van der Waals surface area contributed by atoms with Crippen molar-refractivity contribution in [2.24, 2.45) is 0 Å². The van der Waals surface area contributed by atoms with Gasteiger partial charge in [0.1, 0.15) is 12.4 Å². The lowest BCUT2D eigenvalue weighted by atomic mass is 10.1. The first-order valence-electron chi connectivity index (χ1n) is 8.29. The van der Waals surface area contributed by atoms with E-state index in [4.69, 9.17) is 9.47 Å². The third-order valence-electron chi connectivity index (χ3n) is 3.80. The predicted octanol–water partition coefficient (Wildman–Crippen LogP) is 5.01. The van der Waals surface area contributed by atoms with Gasteiger partial charge in [-0.05, 0) is 50.5 Å². The number of rotatable bonds is 6. The second-order valence-corrected chi connectivity index (χ2v) is 5.75. The second kappa shape index (κ2) is 8.39. The maximum absolute atomic E-state index is 11.7. The molecule has 2 aromatic carbocycles. The summed E-state index contributed by atoms with van der Waals surface area (Å²) in [6.07, 6.45) is 0.554. The average Bonchev–Trinajstić information content (AvgIpc) is 2.56. The van der Waals surface area contributed by atoms with E-state index in [0.29, 0.717) is 18.9 Å². The Bertz CT molecular complexity index is 710. The molecule has 0 radical (unpaired) electrons. The van der Waals surface area contributed by atoms with Crippen LogP contribution in [0.2, 0.25) is 0 Å². The van der Waals surface area contributed by atoms with Crippen molar-refractivity contribution < 1.29 is 14.3 Å². The first kappa shape index (κ1) is 17.9. The number of hydrogen-bond donors (Lipinski definition) is 1. The molecule has 4 nitrogen and oxygen atoms in total. The molecule has 0 spiro atoms. The van der Waals surface area contributed by atoms with Gasteiger partial charge in [0.2, 0.25) is 0 Å². The van der Waals surface area contributed by atoms with Crippen molar-refractivity contribution in [1.82, 2.24) is 0 Å². The Morgan fingerprint density at radius 3 is 2.54 bits per heavy atom. The summed E-state index contributed by atoms with van der Waals surface area (Å²) in [7, 11) is 0. The predicted molar refractivity (Wildman–Crippen MR) is 96.7 cm³/mol. The summed E-state index contributed by atoms with van der Waals surface area (Å²) >= 11 is 0. The molecule has 0 aromatic heterocycles. The Hall–Kier alpha value is -2.49. The summed E-state index contributed by atoms with van der Waals surface area (Å²) in [6.45, 7) is 8.69. The topological polar surface area (TPSA) is 47.6 Å². The molecule has 0 heterocycles. The third-order valence-corrected chi connectivity index (χ3v) is 3.80. The minimum absolute atomic E-state index is 0.340. The smallest absolute Gasteiger partial charge is 0.411 e. The van der Waals surface area contributed by atoms with Crippen LogP contribution < -0.4 is 10.1 Å². The molecule has 0 unspecified atom stereocenters. The van der Waals surface area contributed by atoms with Crippen LogP contribution in [0.5, 0.6) is 5.75 Å². The van der Waals surface area contributed by atoms with E-state index in [1.807, 2.05) is 38.1 Å². The van der Waals surface area contributed by atoms with E-state index in [2.05, 4.69) is 24.4 Å². The van der Waals surface area contributed by atoms with Crippen molar-refractivity contribution in [1.29, 1.82) is 0 Å². The number of carbonyl (C=O) groups excluding carboxylic acids is 1. The summed E-state index contributed by atoms with van der Waals surface area (Å²) in [5.41, 5.74) is 5.15. The van der Waals surface area contributed by atoms with Gasteiger partial charge in [0.05, 0.1) is 12.3 Å². The van der Waals surface area contributed by atoms with Gasteiger partial charge >= 0.3 is 6.09 Å². The highest BCUT2D eigenvalue weighted by atomic mass is 16.5. The van der Waals surface area contributed by atoms with Gasteiger partial charge in [-0.1, -0.05) is 36.8 Å². The Morgan fingerprint density at radius 2 is 1.88 bits per heavy atom. The zero-order valence-electron chi connectivity index (χ0n) is 14.8. The normalized spacial score (nSPS) is 10.3. The van der Waals surface area contributed by atoms with Gasteiger partial charge in [-0.25, -0.2) is 4.79 Å². The van der Waals surface area contributed by atoms with Gasteiger partial charge in [-0.3, -0.25) is 5.32 Å². The Morgan fingerprint density at radius 1 is 1.08 bits per heavy atom. The van der Waals surface area contributed by atoms with Crippen LogP contribution in [0.25, 0.3) is 0 Å². The van der Waals surface area contributed by atoms with Crippen LogP contribution in [0.1, 0.15) is 36.1 Å². The standard InChI is InChI=1S/C20H25NO3/c1-5-16-8-10-19(15(4)12-16)24-13-17-11-14(3)7-9-18(17)21-20(22)23-6-2/h7-12H,5-6,13H2,1-4H3,(H,21,22). The number of ether oxygens (including phenoxy) is 2. The number of anilines is 1. The molecule has 128 valence electrons. The molecule has 0 bridgehead atoms. The average molecular weight is 327 g/mol. The molecular formula is C20H25NO3. The quantitative estimate of drug-likeness (QED) is 0.811. The molecule has 4 heteroatoms. The number of benzene rings is 2. The van der Waals surface area contributed by atoms with Gasteiger partial charge in [-0.2, -0.15) is 0 Å². The summed E-state index contributed by atoms with van der Waals surface area (Å²) in [5.74, 6) is 0.857. The van der Waals surface area contributed by atoms with Crippen LogP contribution >= 0.6 is 0 Å². The molecule has 24 heavy (non-hydrogen) atoms. The van der Waals surface area contributed by atoms with Gasteiger partial charge in [-0.15, -0.1) is 0 Å². The molecule has 0 aliphatic rings. The summed E-state index contributed by atoms with van der Waals surface area (Å²) in [5, 5.41) is 2.77. The van der Waals surface area contributed by atoms with E-state index in [-0.39, 0.29) is 0 Å². The lowest BCUT2D eigenvalue weighted by Crippen LogP contribution is -2.15. The molecule has 2 rings (SSSR count). The maximum atomic E-state index is 11.7. The van der Waals surface area contributed by atoms with Gasteiger partial charge < -0.3 is 9.47 Å². The molecule has 1 N–H and O–H groups in total. The van der Waals surface area contributed by atoms with Crippen LogP contribution in [0.3, 0.4) is 0 Å². The summed E-state index contributed by atoms with van der Waals surface area (Å²) in [6, 6.07) is 12.1. The fraction of sp³-hybridized carbons (Fsp3) is 0.350. The second-order valence-electron chi connectivity index (χ2n) is 5.75. The number of hydrogen-bond acceptors (Lipinski definition) is 3. The first-order valence-corrected chi connectivity index (χ1v) is 8.29. The highest BCUT2D eigenvalue weighted by molar-refractivity contribution is 5.85. The molecule has 0 saturated carbocycles. The highest BCUT2D eigenvalue weighted by Crippen LogP contribution is 2.24. The van der Waals surface area contributed by atoms with E-state index in [1.54, 1.807) is 6.92 Å². The van der Waals surface area contributed by atoms with Gasteiger partial charge in [0.15, 0.2) is 0 Å². The number of amides is 1. The Labute approximate surface area is 143 Å². The Kier molecular flexibility index (Phi) is 6.24. The highest BCUT2D eigenvalue weighted by Gasteiger charge is 2.09. The lowest BCUT2D eigenvalue weighted by Gasteiger charge is -2.14. The van der Waals surface area contributed by atoms with Crippen LogP contribution in [0, 0.1) is 13.8 Å². The fourth-order valence-corrected chi connectivity index (χ4v) is 2.49. The van der Waals surface area contributed by atoms with Crippen molar-refractivity contribution in [2.75, 3.05) is 11.9 Å². The number of nitrogens with one attached hydrogen (secondary N) is 1. The van der Waals surface area contributed by atoms with E-state index in [1.165, 1.54) is 5.56 Å². The van der Waals surface area contributed by atoms with Crippen molar-refractivity contribution >= 4 is 11.8 Å².